The summed E-state index contributed by atoms with van der Waals surface area (Å²) in [7, 11) is 0. The van der Waals surface area contributed by atoms with Crippen molar-refractivity contribution in [1.82, 2.24) is 10.6 Å². The van der Waals surface area contributed by atoms with E-state index in [1.807, 2.05) is 54.8 Å². The monoisotopic (exact) mass is 448 g/mol. The van der Waals surface area contributed by atoms with Crippen molar-refractivity contribution in [3.63, 3.8) is 0 Å². The SMILES string of the molecule is CC(=O)NCCNCc1ccc(C=CC(=O)Nc2c(N)ccc(-c3cccs3)c2C)cc1. The van der Waals surface area contributed by atoms with Gasteiger partial charge in [0.25, 0.3) is 0 Å². The van der Waals surface area contributed by atoms with E-state index < -0.39 is 0 Å². The van der Waals surface area contributed by atoms with Crippen molar-refractivity contribution in [3.05, 3.63) is 76.7 Å². The third-order valence-corrected chi connectivity index (χ3v) is 5.85. The molecule has 1 aromatic heterocycles. The molecule has 0 spiro atoms. The molecule has 3 rings (SSSR count). The van der Waals surface area contributed by atoms with Crippen LogP contribution in [0.5, 0.6) is 0 Å². The van der Waals surface area contributed by atoms with Gasteiger partial charge in [0.05, 0.1) is 11.4 Å². The smallest absolute Gasteiger partial charge is 0.248 e. The number of rotatable bonds is 9. The van der Waals surface area contributed by atoms with Crippen LogP contribution in [0.4, 0.5) is 11.4 Å². The van der Waals surface area contributed by atoms with Gasteiger partial charge in [-0.1, -0.05) is 36.4 Å². The van der Waals surface area contributed by atoms with Crippen molar-refractivity contribution in [3.8, 4) is 10.4 Å². The molecule has 166 valence electrons. The average molecular weight is 449 g/mol. The number of nitrogens with two attached hydrogens (primary N) is 1. The predicted molar refractivity (Wildman–Crippen MR) is 133 cm³/mol. The molecule has 0 saturated heterocycles. The average Bonchev–Trinajstić information content (AvgIpc) is 3.30. The molecule has 6 nitrogen and oxygen atoms in total. The Bertz CT molecular complexity index is 1090. The first-order valence-corrected chi connectivity index (χ1v) is 11.3. The van der Waals surface area contributed by atoms with Crippen LogP contribution in [0.15, 0.2) is 60.0 Å². The van der Waals surface area contributed by atoms with E-state index in [0.717, 1.165) is 27.1 Å². The molecular formula is C25H28N4O2S. The lowest BCUT2D eigenvalue weighted by Gasteiger charge is -2.13. The molecule has 3 aromatic rings. The van der Waals surface area contributed by atoms with Gasteiger partial charge in [-0.05, 0) is 52.8 Å². The normalized spacial score (nSPS) is 10.9. The molecule has 0 atom stereocenters. The second-order valence-corrected chi connectivity index (χ2v) is 8.35. The number of amides is 2. The van der Waals surface area contributed by atoms with Crippen LogP contribution < -0.4 is 21.7 Å². The number of anilines is 2. The summed E-state index contributed by atoms with van der Waals surface area (Å²) in [5, 5.41) is 11.0. The van der Waals surface area contributed by atoms with Crippen molar-refractivity contribution >= 4 is 40.6 Å². The van der Waals surface area contributed by atoms with Crippen LogP contribution in [0, 0.1) is 6.92 Å². The van der Waals surface area contributed by atoms with Crippen LogP contribution in [0.1, 0.15) is 23.6 Å². The van der Waals surface area contributed by atoms with Crippen molar-refractivity contribution in [1.29, 1.82) is 0 Å². The zero-order valence-electron chi connectivity index (χ0n) is 18.3. The topological polar surface area (TPSA) is 96.2 Å². The summed E-state index contributed by atoms with van der Waals surface area (Å²) >= 11 is 1.65. The highest BCUT2D eigenvalue weighted by atomic mass is 32.1. The molecule has 0 bridgehead atoms. The van der Waals surface area contributed by atoms with Crippen LogP contribution in [0.2, 0.25) is 0 Å². The van der Waals surface area contributed by atoms with Crippen LogP contribution in [0.25, 0.3) is 16.5 Å². The number of benzene rings is 2. The molecular weight excluding hydrogens is 420 g/mol. The molecule has 2 amide bonds. The molecule has 0 aliphatic carbocycles. The number of thiophene rings is 1. The summed E-state index contributed by atoms with van der Waals surface area (Å²) in [6, 6.07) is 15.8. The maximum Gasteiger partial charge on any atom is 0.248 e. The van der Waals surface area contributed by atoms with E-state index in [4.69, 9.17) is 5.73 Å². The Kier molecular flexibility index (Phi) is 8.19. The zero-order valence-corrected chi connectivity index (χ0v) is 19.1. The van der Waals surface area contributed by atoms with Gasteiger partial charge >= 0.3 is 0 Å². The first kappa shape index (κ1) is 23.2. The quantitative estimate of drug-likeness (QED) is 0.224. The van der Waals surface area contributed by atoms with Gasteiger partial charge in [0, 0.05) is 37.5 Å². The minimum absolute atomic E-state index is 0.0277. The van der Waals surface area contributed by atoms with E-state index in [9.17, 15) is 9.59 Å². The molecule has 1 heterocycles. The van der Waals surface area contributed by atoms with Gasteiger partial charge < -0.3 is 21.7 Å². The first-order valence-electron chi connectivity index (χ1n) is 10.4. The summed E-state index contributed by atoms with van der Waals surface area (Å²) in [6.45, 7) is 5.49. The Morgan fingerprint density at radius 2 is 1.84 bits per heavy atom. The largest absolute Gasteiger partial charge is 0.397 e. The minimum Gasteiger partial charge on any atom is -0.397 e. The minimum atomic E-state index is -0.230. The summed E-state index contributed by atoms with van der Waals surface area (Å²) in [6.07, 6.45) is 3.29. The molecule has 32 heavy (non-hydrogen) atoms. The Balaban J connectivity index is 1.57. The second kappa shape index (κ2) is 11.3. The number of hydrogen-bond donors (Lipinski definition) is 4. The van der Waals surface area contributed by atoms with Crippen molar-refractivity contribution in [2.75, 3.05) is 24.1 Å². The molecule has 0 radical (unpaired) electrons. The number of carbonyl (C=O) groups is 2. The van der Waals surface area contributed by atoms with Crippen LogP contribution >= 0.6 is 11.3 Å². The van der Waals surface area contributed by atoms with Gasteiger partial charge in [-0.2, -0.15) is 0 Å². The molecule has 0 fully saturated rings. The molecule has 0 saturated carbocycles. The Labute approximate surface area is 192 Å². The number of nitrogen functional groups attached to an aromatic ring is 1. The molecule has 0 unspecified atom stereocenters. The third kappa shape index (κ3) is 6.54. The van der Waals surface area contributed by atoms with Gasteiger partial charge in [-0.15, -0.1) is 11.3 Å². The lowest BCUT2D eigenvalue weighted by atomic mass is 10.0. The van der Waals surface area contributed by atoms with E-state index in [2.05, 4.69) is 22.0 Å². The third-order valence-electron chi connectivity index (χ3n) is 4.94. The Morgan fingerprint density at radius 1 is 1.06 bits per heavy atom. The Hall–Kier alpha value is -3.42. The highest BCUT2D eigenvalue weighted by molar-refractivity contribution is 7.13. The summed E-state index contributed by atoms with van der Waals surface area (Å²) in [5.41, 5.74) is 11.4. The predicted octanol–water partition coefficient (Wildman–Crippen LogP) is 4.18. The van der Waals surface area contributed by atoms with E-state index in [1.54, 1.807) is 17.4 Å². The lowest BCUT2D eigenvalue weighted by Crippen LogP contribution is -2.29. The van der Waals surface area contributed by atoms with E-state index >= 15 is 0 Å². The van der Waals surface area contributed by atoms with Crippen molar-refractivity contribution in [2.24, 2.45) is 0 Å². The van der Waals surface area contributed by atoms with Crippen LogP contribution in [-0.4, -0.2) is 24.9 Å². The first-order chi connectivity index (χ1) is 15.4. The van der Waals surface area contributed by atoms with Gasteiger partial charge in [0.15, 0.2) is 0 Å². The maximum absolute atomic E-state index is 12.5. The van der Waals surface area contributed by atoms with Crippen LogP contribution in [-0.2, 0) is 16.1 Å². The maximum atomic E-state index is 12.5. The molecule has 5 N–H and O–H groups in total. The molecule has 0 aliphatic heterocycles. The van der Waals surface area contributed by atoms with E-state index in [1.165, 1.54) is 13.0 Å². The molecule has 2 aromatic carbocycles. The summed E-state index contributed by atoms with van der Waals surface area (Å²) < 4.78 is 0. The van der Waals surface area contributed by atoms with E-state index in [0.29, 0.717) is 31.0 Å². The molecule has 7 heteroatoms. The fourth-order valence-corrected chi connectivity index (χ4v) is 4.05. The van der Waals surface area contributed by atoms with Gasteiger partial charge in [0.2, 0.25) is 11.8 Å². The number of carbonyl (C=O) groups excluding carboxylic acids is 2. The second-order valence-electron chi connectivity index (χ2n) is 7.40. The number of nitrogens with one attached hydrogen (secondary N) is 3. The van der Waals surface area contributed by atoms with Gasteiger partial charge in [-0.3, -0.25) is 9.59 Å². The Morgan fingerprint density at radius 3 is 2.53 bits per heavy atom. The van der Waals surface area contributed by atoms with Crippen molar-refractivity contribution in [2.45, 2.75) is 20.4 Å². The standard InChI is InChI=1S/C25H28N4O2S/c1-17-21(23-4-3-15-32-23)10-11-22(26)25(17)29-24(31)12-9-19-5-7-20(8-6-19)16-27-13-14-28-18(2)30/h3-12,15,27H,13-14,16,26H2,1-2H3,(H,28,30)(H,29,31). The highest BCUT2D eigenvalue weighted by Crippen LogP contribution is 2.35. The fourth-order valence-electron chi connectivity index (χ4n) is 3.24. The van der Waals surface area contributed by atoms with Gasteiger partial charge in [0.1, 0.15) is 0 Å². The fraction of sp³-hybridized carbons (Fsp3) is 0.200. The highest BCUT2D eigenvalue weighted by Gasteiger charge is 2.12. The zero-order chi connectivity index (χ0) is 22.9. The number of hydrogen-bond acceptors (Lipinski definition) is 5. The summed E-state index contributed by atoms with van der Waals surface area (Å²) in [4.78, 5) is 24.5. The summed E-state index contributed by atoms with van der Waals surface area (Å²) in [5.74, 6) is -0.258. The van der Waals surface area contributed by atoms with Crippen LogP contribution in [0.3, 0.4) is 0 Å². The van der Waals surface area contributed by atoms with Gasteiger partial charge in [-0.25, -0.2) is 0 Å². The van der Waals surface area contributed by atoms with Crippen molar-refractivity contribution < 1.29 is 9.59 Å². The van der Waals surface area contributed by atoms with E-state index in [-0.39, 0.29) is 11.8 Å². The lowest BCUT2D eigenvalue weighted by molar-refractivity contribution is -0.119. The molecule has 0 aliphatic rings.